The van der Waals surface area contributed by atoms with Gasteiger partial charge in [-0.3, -0.25) is 0 Å². The largest absolute Gasteiger partial charge is 0.240 e. The first-order chi connectivity index (χ1) is 4.84. The van der Waals surface area contributed by atoms with E-state index < -0.39 is 0 Å². The van der Waals surface area contributed by atoms with E-state index in [2.05, 4.69) is 11.8 Å². The smallest absolute Gasteiger partial charge is 0.0955 e. The summed E-state index contributed by atoms with van der Waals surface area (Å²) < 4.78 is 0. The lowest BCUT2D eigenvalue weighted by Gasteiger charge is -2.26. The van der Waals surface area contributed by atoms with Crippen molar-refractivity contribution in [2.24, 2.45) is 5.92 Å². The number of hydrogen-bond acceptors (Lipinski definition) is 2. The van der Waals surface area contributed by atoms with Crippen LogP contribution < -0.4 is 0 Å². The van der Waals surface area contributed by atoms with Crippen LogP contribution in [0.25, 0.3) is 0 Å². The minimum atomic E-state index is 0.346. The van der Waals surface area contributed by atoms with Gasteiger partial charge in [-0.05, 0) is 18.8 Å². The van der Waals surface area contributed by atoms with E-state index in [1.54, 1.807) is 7.11 Å². The van der Waals surface area contributed by atoms with Crippen molar-refractivity contribution in [1.82, 2.24) is 0 Å². The third kappa shape index (κ3) is 1.96. The fraction of sp³-hybridized carbons (Fsp3) is 1.00. The van der Waals surface area contributed by atoms with E-state index in [1.165, 1.54) is 19.3 Å². The molecule has 1 aliphatic rings. The lowest BCUT2D eigenvalue weighted by molar-refractivity contribution is -0.318. The molecule has 1 aliphatic carbocycles. The van der Waals surface area contributed by atoms with Crippen molar-refractivity contribution in [3.63, 3.8) is 0 Å². The molecule has 0 N–H and O–H groups in total. The molecule has 0 aromatic heterocycles. The van der Waals surface area contributed by atoms with Crippen molar-refractivity contribution in [3.8, 4) is 0 Å². The third-order valence-electron chi connectivity index (χ3n) is 2.25. The Kier molecular flexibility index (Phi) is 3.16. The van der Waals surface area contributed by atoms with Crippen molar-refractivity contribution in [1.29, 1.82) is 0 Å². The molecule has 0 saturated heterocycles. The van der Waals surface area contributed by atoms with Gasteiger partial charge in [0.1, 0.15) is 0 Å². The van der Waals surface area contributed by atoms with E-state index in [4.69, 9.17) is 4.89 Å². The summed E-state index contributed by atoms with van der Waals surface area (Å²) in [4.78, 5) is 9.75. The average molecular weight is 144 g/mol. The van der Waals surface area contributed by atoms with Crippen LogP contribution >= 0.6 is 0 Å². The van der Waals surface area contributed by atoms with Crippen molar-refractivity contribution < 1.29 is 9.78 Å². The minimum Gasteiger partial charge on any atom is -0.240 e. The maximum Gasteiger partial charge on any atom is 0.0955 e. The molecule has 2 nitrogen and oxygen atoms in total. The zero-order valence-corrected chi connectivity index (χ0v) is 6.80. The summed E-state index contributed by atoms with van der Waals surface area (Å²) in [5, 5.41) is 0. The Hall–Kier alpha value is -0.0800. The molecule has 0 aromatic carbocycles. The normalized spacial score (nSPS) is 34.2. The van der Waals surface area contributed by atoms with E-state index in [-0.39, 0.29) is 0 Å². The molecule has 10 heavy (non-hydrogen) atoms. The van der Waals surface area contributed by atoms with Gasteiger partial charge in [-0.25, -0.2) is 9.78 Å². The number of hydrogen-bond donors (Lipinski definition) is 0. The molecule has 60 valence electrons. The van der Waals surface area contributed by atoms with Gasteiger partial charge in [0, 0.05) is 0 Å². The van der Waals surface area contributed by atoms with Crippen molar-refractivity contribution >= 4 is 0 Å². The van der Waals surface area contributed by atoms with Gasteiger partial charge in [0.2, 0.25) is 0 Å². The second-order valence-electron chi connectivity index (χ2n) is 3.06. The molecule has 2 heteroatoms. The van der Waals surface area contributed by atoms with Crippen LogP contribution in [0.3, 0.4) is 0 Å². The highest BCUT2D eigenvalue weighted by atomic mass is 17.2. The Morgan fingerprint density at radius 3 is 2.50 bits per heavy atom. The van der Waals surface area contributed by atoms with Crippen LogP contribution in [0.5, 0.6) is 0 Å². The van der Waals surface area contributed by atoms with Gasteiger partial charge in [-0.15, -0.1) is 0 Å². The maximum atomic E-state index is 5.10. The predicted molar refractivity (Wildman–Crippen MR) is 39.5 cm³/mol. The first-order valence-corrected chi connectivity index (χ1v) is 4.04. The van der Waals surface area contributed by atoms with Crippen molar-refractivity contribution in [2.75, 3.05) is 7.11 Å². The Labute approximate surface area is 62.4 Å². The Morgan fingerprint density at radius 1 is 1.20 bits per heavy atom. The molecule has 1 rings (SSSR count). The van der Waals surface area contributed by atoms with Crippen LogP contribution in [0, 0.1) is 5.92 Å². The molecule has 0 aliphatic heterocycles. The summed E-state index contributed by atoms with van der Waals surface area (Å²) in [7, 11) is 1.58. The summed E-state index contributed by atoms with van der Waals surface area (Å²) >= 11 is 0. The zero-order chi connectivity index (χ0) is 7.40. The summed E-state index contributed by atoms with van der Waals surface area (Å²) in [5.74, 6) is 0.675. The lowest BCUT2D eigenvalue weighted by Crippen LogP contribution is -2.24. The van der Waals surface area contributed by atoms with E-state index in [0.717, 1.165) is 6.42 Å². The van der Waals surface area contributed by atoms with Crippen LogP contribution in [-0.4, -0.2) is 13.2 Å². The predicted octanol–water partition coefficient (Wildman–Crippen LogP) is 2.14. The van der Waals surface area contributed by atoms with Crippen LogP contribution in [0.2, 0.25) is 0 Å². The molecular weight excluding hydrogens is 128 g/mol. The summed E-state index contributed by atoms with van der Waals surface area (Å²) in [5.41, 5.74) is 0. The molecule has 2 unspecified atom stereocenters. The highest BCUT2D eigenvalue weighted by Crippen LogP contribution is 2.25. The Morgan fingerprint density at radius 2 is 1.90 bits per heavy atom. The molecular formula is C8H16O2. The van der Waals surface area contributed by atoms with Gasteiger partial charge >= 0.3 is 0 Å². The molecule has 0 heterocycles. The third-order valence-corrected chi connectivity index (χ3v) is 2.25. The monoisotopic (exact) mass is 144 g/mol. The fourth-order valence-corrected chi connectivity index (χ4v) is 1.55. The van der Waals surface area contributed by atoms with Crippen molar-refractivity contribution in [2.45, 2.75) is 38.7 Å². The first-order valence-electron chi connectivity index (χ1n) is 4.04. The summed E-state index contributed by atoms with van der Waals surface area (Å²) in [6.45, 7) is 2.23. The number of rotatable bonds is 2. The van der Waals surface area contributed by atoms with Crippen LogP contribution in [0.15, 0.2) is 0 Å². The van der Waals surface area contributed by atoms with E-state index in [9.17, 15) is 0 Å². The standard InChI is InChI=1S/C8H16O2/c1-7-5-3-4-6-8(7)10-9-2/h7-8H,3-6H2,1-2H3. The molecule has 1 fully saturated rings. The molecule has 0 radical (unpaired) electrons. The molecule has 0 spiro atoms. The SMILES string of the molecule is COOC1CCCCC1C. The maximum absolute atomic E-state index is 5.10. The van der Waals surface area contributed by atoms with Gasteiger partial charge in [-0.1, -0.05) is 19.8 Å². The van der Waals surface area contributed by atoms with Crippen LogP contribution in [-0.2, 0) is 9.78 Å². The summed E-state index contributed by atoms with van der Waals surface area (Å²) in [6.07, 6.45) is 5.44. The molecule has 1 saturated carbocycles. The Balaban J connectivity index is 2.25. The van der Waals surface area contributed by atoms with E-state index >= 15 is 0 Å². The van der Waals surface area contributed by atoms with Crippen LogP contribution in [0.4, 0.5) is 0 Å². The minimum absolute atomic E-state index is 0.346. The van der Waals surface area contributed by atoms with Gasteiger partial charge in [0.25, 0.3) is 0 Å². The molecule has 0 amide bonds. The van der Waals surface area contributed by atoms with E-state index in [0.29, 0.717) is 12.0 Å². The second kappa shape index (κ2) is 3.94. The second-order valence-corrected chi connectivity index (χ2v) is 3.06. The van der Waals surface area contributed by atoms with Gasteiger partial charge in [-0.2, -0.15) is 0 Å². The van der Waals surface area contributed by atoms with Gasteiger partial charge < -0.3 is 0 Å². The summed E-state index contributed by atoms with van der Waals surface area (Å²) in [6, 6.07) is 0. The lowest BCUT2D eigenvalue weighted by atomic mass is 9.88. The highest BCUT2D eigenvalue weighted by Gasteiger charge is 2.22. The molecule has 0 bridgehead atoms. The van der Waals surface area contributed by atoms with E-state index in [1.807, 2.05) is 0 Å². The quantitative estimate of drug-likeness (QED) is 0.436. The highest BCUT2D eigenvalue weighted by molar-refractivity contribution is 4.70. The zero-order valence-electron chi connectivity index (χ0n) is 6.80. The molecule has 2 atom stereocenters. The fourth-order valence-electron chi connectivity index (χ4n) is 1.55. The molecule has 0 aromatic rings. The average Bonchev–Trinajstić information content (AvgIpc) is 1.94. The first kappa shape index (κ1) is 8.02. The van der Waals surface area contributed by atoms with Gasteiger partial charge in [0.05, 0.1) is 13.2 Å². The van der Waals surface area contributed by atoms with Gasteiger partial charge in [0.15, 0.2) is 0 Å². The van der Waals surface area contributed by atoms with Crippen LogP contribution in [0.1, 0.15) is 32.6 Å². The topological polar surface area (TPSA) is 18.5 Å². The Bertz CT molecular complexity index is 91.3. The van der Waals surface area contributed by atoms with Crippen molar-refractivity contribution in [3.05, 3.63) is 0 Å².